The van der Waals surface area contributed by atoms with Gasteiger partial charge in [-0.05, 0) is 31.0 Å². The number of nitrogens with one attached hydrogen (secondary N) is 1. The number of unbranched alkanes of at least 4 members (excludes halogenated alkanes) is 2. The van der Waals surface area contributed by atoms with E-state index in [1.807, 2.05) is 36.5 Å². The molecule has 0 atom stereocenters. The number of urea groups is 1. The normalized spacial score (nSPS) is 10.5. The summed E-state index contributed by atoms with van der Waals surface area (Å²) in [6.07, 6.45) is 5.11. The zero-order valence-electron chi connectivity index (χ0n) is 16.9. The molecule has 1 heterocycles. The minimum atomic E-state index is -0.420. The van der Waals surface area contributed by atoms with Gasteiger partial charge in [0.15, 0.2) is 0 Å². The largest absolute Gasteiger partial charge is 0.465 e. The standard InChI is InChI=1S/C22H31N3O3/c1-3-5-9-14-25(22(27)23-16-21(26)28-4-2)18-20-13-10-15-24(20)17-19-11-7-6-8-12-19/h6-8,10-13,15H,3-5,9,14,16-18H2,1-2H3,(H,23,27). The molecule has 0 spiro atoms. The number of carbonyl (C=O) groups is 2. The van der Waals surface area contributed by atoms with Crippen molar-refractivity contribution in [2.45, 2.75) is 46.2 Å². The third-order valence-corrected chi connectivity index (χ3v) is 4.48. The highest BCUT2D eigenvalue weighted by Crippen LogP contribution is 2.12. The topological polar surface area (TPSA) is 63.6 Å². The Morgan fingerprint density at radius 1 is 1.07 bits per heavy atom. The molecule has 28 heavy (non-hydrogen) atoms. The number of esters is 1. The van der Waals surface area contributed by atoms with E-state index in [1.165, 1.54) is 5.56 Å². The van der Waals surface area contributed by atoms with E-state index in [9.17, 15) is 9.59 Å². The van der Waals surface area contributed by atoms with Crippen LogP contribution < -0.4 is 5.32 Å². The van der Waals surface area contributed by atoms with Crippen LogP contribution in [0.1, 0.15) is 44.4 Å². The van der Waals surface area contributed by atoms with Crippen molar-refractivity contribution >= 4 is 12.0 Å². The van der Waals surface area contributed by atoms with E-state index in [0.29, 0.717) is 19.7 Å². The molecule has 6 heteroatoms. The molecule has 2 amide bonds. The fraction of sp³-hybridized carbons (Fsp3) is 0.455. The third kappa shape index (κ3) is 7.10. The number of ether oxygens (including phenoxy) is 1. The molecule has 0 bridgehead atoms. The maximum Gasteiger partial charge on any atom is 0.325 e. The van der Waals surface area contributed by atoms with Gasteiger partial charge in [0.05, 0.1) is 13.2 Å². The van der Waals surface area contributed by atoms with Gasteiger partial charge in [-0.3, -0.25) is 4.79 Å². The van der Waals surface area contributed by atoms with E-state index in [0.717, 1.165) is 31.5 Å². The second kappa shape index (κ2) is 11.8. The second-order valence-electron chi connectivity index (χ2n) is 6.71. The van der Waals surface area contributed by atoms with Gasteiger partial charge in [-0.25, -0.2) is 4.79 Å². The molecule has 0 unspecified atom stereocenters. The fourth-order valence-electron chi connectivity index (χ4n) is 3.00. The first-order valence-electron chi connectivity index (χ1n) is 10.00. The lowest BCUT2D eigenvalue weighted by molar-refractivity contribution is -0.141. The maximum atomic E-state index is 12.6. The van der Waals surface area contributed by atoms with Gasteiger partial charge in [-0.2, -0.15) is 0 Å². The van der Waals surface area contributed by atoms with Crippen molar-refractivity contribution in [3.63, 3.8) is 0 Å². The van der Waals surface area contributed by atoms with Crippen LogP contribution in [0.25, 0.3) is 0 Å². The number of hydrogen-bond donors (Lipinski definition) is 1. The highest BCUT2D eigenvalue weighted by Gasteiger charge is 2.16. The third-order valence-electron chi connectivity index (χ3n) is 4.48. The highest BCUT2D eigenvalue weighted by molar-refractivity contribution is 5.80. The van der Waals surface area contributed by atoms with Crippen LogP contribution in [-0.4, -0.2) is 41.2 Å². The molecular weight excluding hydrogens is 354 g/mol. The molecule has 6 nitrogen and oxygen atoms in total. The Morgan fingerprint density at radius 3 is 2.57 bits per heavy atom. The molecule has 1 N–H and O–H groups in total. The minimum absolute atomic E-state index is 0.109. The summed E-state index contributed by atoms with van der Waals surface area (Å²) in [4.78, 5) is 26.0. The lowest BCUT2D eigenvalue weighted by Gasteiger charge is -2.24. The summed E-state index contributed by atoms with van der Waals surface area (Å²) in [6.45, 7) is 5.99. The molecule has 1 aromatic carbocycles. The van der Waals surface area contributed by atoms with Gasteiger partial charge in [0.2, 0.25) is 0 Å². The Hall–Kier alpha value is -2.76. The van der Waals surface area contributed by atoms with Gasteiger partial charge in [-0.1, -0.05) is 50.1 Å². The molecule has 0 fully saturated rings. The van der Waals surface area contributed by atoms with Gasteiger partial charge in [0, 0.05) is 25.0 Å². The SMILES string of the molecule is CCCCCN(Cc1cccn1Cc1ccccc1)C(=O)NCC(=O)OCC. The van der Waals surface area contributed by atoms with Gasteiger partial charge < -0.3 is 19.5 Å². The highest BCUT2D eigenvalue weighted by atomic mass is 16.5. The van der Waals surface area contributed by atoms with Crippen molar-refractivity contribution in [3.05, 3.63) is 59.9 Å². The first-order valence-corrected chi connectivity index (χ1v) is 10.00. The quantitative estimate of drug-likeness (QED) is 0.473. The molecule has 0 radical (unpaired) electrons. The van der Waals surface area contributed by atoms with E-state index in [4.69, 9.17) is 4.74 Å². The maximum absolute atomic E-state index is 12.6. The summed E-state index contributed by atoms with van der Waals surface area (Å²) >= 11 is 0. The molecule has 0 aliphatic rings. The average Bonchev–Trinajstić information content (AvgIpc) is 3.13. The van der Waals surface area contributed by atoms with Gasteiger partial charge in [0.25, 0.3) is 0 Å². The average molecular weight is 386 g/mol. The lowest BCUT2D eigenvalue weighted by atomic mass is 10.2. The van der Waals surface area contributed by atoms with Crippen LogP contribution in [0.3, 0.4) is 0 Å². The minimum Gasteiger partial charge on any atom is -0.465 e. The van der Waals surface area contributed by atoms with Crippen LogP contribution in [0.5, 0.6) is 0 Å². The summed E-state index contributed by atoms with van der Waals surface area (Å²) in [6, 6.07) is 14.0. The summed E-state index contributed by atoms with van der Waals surface area (Å²) in [5.74, 6) is -0.420. The number of hydrogen-bond acceptors (Lipinski definition) is 3. The number of benzene rings is 1. The summed E-state index contributed by atoms with van der Waals surface area (Å²) in [5.41, 5.74) is 2.27. The molecule has 0 aliphatic heterocycles. The molecule has 2 aromatic rings. The zero-order chi connectivity index (χ0) is 20.2. The zero-order valence-corrected chi connectivity index (χ0v) is 16.9. The fourth-order valence-corrected chi connectivity index (χ4v) is 3.00. The molecule has 152 valence electrons. The molecule has 0 saturated heterocycles. The number of aromatic nitrogens is 1. The van der Waals surface area contributed by atoms with Crippen molar-refractivity contribution in [1.82, 2.24) is 14.8 Å². The summed E-state index contributed by atoms with van der Waals surface area (Å²) in [7, 11) is 0. The number of carbonyl (C=O) groups excluding carboxylic acids is 2. The van der Waals surface area contributed by atoms with Gasteiger partial charge in [-0.15, -0.1) is 0 Å². The number of rotatable bonds is 11. The summed E-state index contributed by atoms with van der Waals surface area (Å²) in [5, 5.41) is 2.68. The first kappa shape index (κ1) is 21.5. The Morgan fingerprint density at radius 2 is 1.86 bits per heavy atom. The van der Waals surface area contributed by atoms with E-state index in [2.05, 4.69) is 28.9 Å². The second-order valence-corrected chi connectivity index (χ2v) is 6.71. The predicted molar refractivity (Wildman–Crippen MR) is 110 cm³/mol. The van der Waals surface area contributed by atoms with Crippen LogP contribution in [0.4, 0.5) is 4.79 Å². The van der Waals surface area contributed by atoms with E-state index in [-0.39, 0.29) is 12.6 Å². The van der Waals surface area contributed by atoms with Crippen molar-refractivity contribution in [1.29, 1.82) is 0 Å². The predicted octanol–water partition coefficient (Wildman–Crippen LogP) is 3.80. The van der Waals surface area contributed by atoms with Crippen LogP contribution in [0, 0.1) is 0 Å². The Bertz CT molecular complexity index is 728. The molecule has 0 saturated carbocycles. The first-order chi connectivity index (χ1) is 13.6. The van der Waals surface area contributed by atoms with Crippen LogP contribution in [-0.2, 0) is 22.6 Å². The van der Waals surface area contributed by atoms with Crippen molar-refractivity contribution < 1.29 is 14.3 Å². The van der Waals surface area contributed by atoms with Crippen molar-refractivity contribution in [2.75, 3.05) is 19.7 Å². The van der Waals surface area contributed by atoms with E-state index in [1.54, 1.807) is 11.8 Å². The van der Waals surface area contributed by atoms with Crippen LogP contribution in [0.2, 0.25) is 0 Å². The number of nitrogens with zero attached hydrogens (tertiary/aromatic N) is 2. The van der Waals surface area contributed by atoms with E-state index >= 15 is 0 Å². The van der Waals surface area contributed by atoms with Crippen molar-refractivity contribution in [3.8, 4) is 0 Å². The Kier molecular flexibility index (Phi) is 9.11. The molecule has 2 rings (SSSR count). The number of amides is 2. The van der Waals surface area contributed by atoms with Gasteiger partial charge in [0.1, 0.15) is 6.54 Å². The van der Waals surface area contributed by atoms with E-state index < -0.39 is 5.97 Å². The Labute approximate surface area is 167 Å². The molecular formula is C22H31N3O3. The van der Waals surface area contributed by atoms with Crippen LogP contribution in [0.15, 0.2) is 48.7 Å². The monoisotopic (exact) mass is 385 g/mol. The summed E-state index contributed by atoms with van der Waals surface area (Å²) < 4.78 is 7.04. The lowest BCUT2D eigenvalue weighted by Crippen LogP contribution is -2.42. The Balaban J connectivity index is 2.02. The van der Waals surface area contributed by atoms with Crippen LogP contribution >= 0.6 is 0 Å². The van der Waals surface area contributed by atoms with Crippen molar-refractivity contribution in [2.24, 2.45) is 0 Å². The molecule has 1 aromatic heterocycles. The smallest absolute Gasteiger partial charge is 0.325 e. The molecule has 0 aliphatic carbocycles. The van der Waals surface area contributed by atoms with Gasteiger partial charge >= 0.3 is 12.0 Å².